The lowest BCUT2D eigenvalue weighted by Crippen LogP contribution is -2.00. The normalized spacial score (nSPS) is 10.1. The van der Waals surface area contributed by atoms with Crippen molar-refractivity contribution in [3.63, 3.8) is 0 Å². The topological polar surface area (TPSA) is 59.7 Å². The summed E-state index contributed by atoms with van der Waals surface area (Å²) in [6.07, 6.45) is 1.49. The Kier molecular flexibility index (Phi) is 2.64. The van der Waals surface area contributed by atoms with Crippen molar-refractivity contribution in [1.82, 2.24) is 0 Å². The second-order valence-electron chi connectivity index (χ2n) is 3.17. The van der Waals surface area contributed by atoms with Crippen LogP contribution in [0.3, 0.4) is 0 Å². The number of hydrogen-bond donors (Lipinski definition) is 1. The van der Waals surface area contributed by atoms with Crippen LogP contribution in [0.4, 0.5) is 0 Å². The molecule has 0 spiro atoms. The van der Waals surface area contributed by atoms with Crippen LogP contribution in [0, 0.1) is 0 Å². The summed E-state index contributed by atoms with van der Waals surface area (Å²) in [6, 6.07) is 8.25. The molecular weight excluding hydrogens is 208 g/mol. The molecule has 1 heterocycles. The van der Waals surface area contributed by atoms with E-state index in [4.69, 9.17) is 14.3 Å². The van der Waals surface area contributed by atoms with Gasteiger partial charge < -0.3 is 14.3 Å². The zero-order chi connectivity index (χ0) is 11.5. The first-order valence-corrected chi connectivity index (χ1v) is 4.68. The second kappa shape index (κ2) is 4.10. The molecule has 0 fully saturated rings. The molecule has 16 heavy (non-hydrogen) atoms. The molecule has 0 aliphatic rings. The predicted octanol–water partition coefficient (Wildman–Crippen LogP) is 2.65. The van der Waals surface area contributed by atoms with Crippen molar-refractivity contribution in [2.75, 3.05) is 7.11 Å². The lowest BCUT2D eigenvalue weighted by Gasteiger charge is -2.08. The van der Waals surface area contributed by atoms with Gasteiger partial charge in [-0.15, -0.1) is 0 Å². The maximum atomic E-state index is 11.1. The van der Waals surface area contributed by atoms with Crippen molar-refractivity contribution >= 4 is 5.97 Å². The number of methoxy groups -OCH3 is 1. The minimum Gasteiger partial charge on any atom is -0.496 e. The molecule has 0 saturated heterocycles. The highest BCUT2D eigenvalue weighted by molar-refractivity contribution is 5.97. The fraction of sp³-hybridized carbons (Fsp3) is 0.0833. The lowest BCUT2D eigenvalue weighted by atomic mass is 10.0. The van der Waals surface area contributed by atoms with Gasteiger partial charge in [0.2, 0.25) is 0 Å². The minimum absolute atomic E-state index is 0.161. The highest BCUT2D eigenvalue weighted by Gasteiger charge is 2.18. The number of carboxylic acid groups (broad SMARTS) is 1. The van der Waals surface area contributed by atoms with E-state index in [2.05, 4.69) is 0 Å². The van der Waals surface area contributed by atoms with Crippen LogP contribution < -0.4 is 4.74 Å². The van der Waals surface area contributed by atoms with E-state index < -0.39 is 5.97 Å². The fourth-order valence-corrected chi connectivity index (χ4v) is 1.55. The van der Waals surface area contributed by atoms with E-state index in [0.29, 0.717) is 17.1 Å². The van der Waals surface area contributed by atoms with E-state index in [0.717, 1.165) is 0 Å². The first-order chi connectivity index (χ1) is 7.74. The van der Waals surface area contributed by atoms with E-state index in [9.17, 15) is 4.79 Å². The highest BCUT2D eigenvalue weighted by atomic mass is 16.5. The van der Waals surface area contributed by atoms with Gasteiger partial charge >= 0.3 is 5.97 Å². The molecule has 1 aromatic heterocycles. The van der Waals surface area contributed by atoms with Crippen LogP contribution in [0.15, 0.2) is 41.0 Å². The van der Waals surface area contributed by atoms with Crippen molar-refractivity contribution in [2.45, 2.75) is 0 Å². The molecule has 0 saturated carbocycles. The summed E-state index contributed by atoms with van der Waals surface area (Å²) in [5.74, 6) is -0.0463. The summed E-state index contributed by atoms with van der Waals surface area (Å²) in [6.45, 7) is 0. The molecule has 2 aromatic rings. The minimum atomic E-state index is -1.01. The van der Waals surface area contributed by atoms with Gasteiger partial charge in [0.25, 0.3) is 0 Å². The van der Waals surface area contributed by atoms with Gasteiger partial charge in [0.1, 0.15) is 11.5 Å². The summed E-state index contributed by atoms with van der Waals surface area (Å²) in [5, 5.41) is 9.09. The first-order valence-electron chi connectivity index (χ1n) is 4.68. The molecule has 4 nitrogen and oxygen atoms in total. The molecule has 0 radical (unpaired) electrons. The Morgan fingerprint density at radius 3 is 2.69 bits per heavy atom. The largest absolute Gasteiger partial charge is 0.496 e. The SMILES string of the molecule is COc1cccc(C(=O)O)c1-c1ccco1. The fourth-order valence-electron chi connectivity index (χ4n) is 1.55. The number of carbonyl (C=O) groups is 1. The van der Waals surface area contributed by atoms with Crippen LogP contribution in [0.5, 0.6) is 5.75 Å². The Hall–Kier alpha value is -2.23. The van der Waals surface area contributed by atoms with Crippen LogP contribution in [0.2, 0.25) is 0 Å². The Labute approximate surface area is 92.1 Å². The van der Waals surface area contributed by atoms with Gasteiger partial charge in [0.05, 0.1) is 24.5 Å². The van der Waals surface area contributed by atoms with Crippen molar-refractivity contribution in [3.05, 3.63) is 42.2 Å². The van der Waals surface area contributed by atoms with Gasteiger partial charge in [0.15, 0.2) is 0 Å². The monoisotopic (exact) mass is 218 g/mol. The molecule has 2 rings (SSSR count). The van der Waals surface area contributed by atoms with Gasteiger partial charge in [-0.3, -0.25) is 0 Å². The number of ether oxygens (including phenoxy) is 1. The van der Waals surface area contributed by atoms with Crippen molar-refractivity contribution in [1.29, 1.82) is 0 Å². The van der Waals surface area contributed by atoms with E-state index >= 15 is 0 Å². The summed E-state index contributed by atoms with van der Waals surface area (Å²) >= 11 is 0. The molecule has 1 aromatic carbocycles. The zero-order valence-corrected chi connectivity index (χ0v) is 8.64. The lowest BCUT2D eigenvalue weighted by molar-refractivity contribution is 0.0697. The van der Waals surface area contributed by atoms with E-state index in [-0.39, 0.29) is 5.56 Å². The maximum absolute atomic E-state index is 11.1. The van der Waals surface area contributed by atoms with Gasteiger partial charge in [0, 0.05) is 0 Å². The number of carboxylic acids is 1. The molecule has 82 valence electrons. The first kappa shape index (κ1) is 10.3. The molecule has 0 bridgehead atoms. The second-order valence-corrected chi connectivity index (χ2v) is 3.17. The number of hydrogen-bond acceptors (Lipinski definition) is 3. The maximum Gasteiger partial charge on any atom is 0.336 e. The summed E-state index contributed by atoms with van der Waals surface area (Å²) in [4.78, 5) is 11.1. The summed E-state index contributed by atoms with van der Waals surface area (Å²) in [7, 11) is 1.49. The predicted molar refractivity (Wildman–Crippen MR) is 57.7 cm³/mol. The van der Waals surface area contributed by atoms with Crippen LogP contribution in [-0.4, -0.2) is 18.2 Å². The molecular formula is C12H10O4. The summed E-state index contributed by atoms with van der Waals surface area (Å²) < 4.78 is 10.3. The highest BCUT2D eigenvalue weighted by Crippen LogP contribution is 2.33. The van der Waals surface area contributed by atoms with Gasteiger partial charge in [-0.1, -0.05) is 6.07 Å². The number of benzene rings is 1. The Morgan fingerprint density at radius 2 is 2.12 bits per heavy atom. The van der Waals surface area contributed by atoms with E-state index in [1.165, 1.54) is 19.4 Å². The van der Waals surface area contributed by atoms with Gasteiger partial charge in [-0.2, -0.15) is 0 Å². The van der Waals surface area contributed by atoms with Crippen molar-refractivity contribution < 1.29 is 19.1 Å². The molecule has 1 N–H and O–H groups in total. The quantitative estimate of drug-likeness (QED) is 0.860. The van der Waals surface area contributed by atoms with Crippen LogP contribution in [-0.2, 0) is 0 Å². The average Bonchev–Trinajstić information content (AvgIpc) is 2.81. The third kappa shape index (κ3) is 1.65. The number of rotatable bonds is 3. The van der Waals surface area contributed by atoms with Crippen molar-refractivity contribution in [3.8, 4) is 17.1 Å². The number of furan rings is 1. The smallest absolute Gasteiger partial charge is 0.336 e. The summed E-state index contributed by atoms with van der Waals surface area (Å²) in [5.41, 5.74) is 0.622. The third-order valence-electron chi connectivity index (χ3n) is 2.24. The third-order valence-corrected chi connectivity index (χ3v) is 2.24. The zero-order valence-electron chi connectivity index (χ0n) is 8.64. The Bertz CT molecular complexity index is 500. The number of aromatic carboxylic acids is 1. The molecule has 0 atom stereocenters. The van der Waals surface area contributed by atoms with Crippen LogP contribution in [0.25, 0.3) is 11.3 Å². The Morgan fingerprint density at radius 1 is 1.31 bits per heavy atom. The van der Waals surface area contributed by atoms with E-state index in [1.807, 2.05) is 0 Å². The molecule has 0 unspecified atom stereocenters. The molecule has 4 heteroatoms. The van der Waals surface area contributed by atoms with Crippen LogP contribution >= 0.6 is 0 Å². The standard InChI is InChI=1S/C12H10O4/c1-15-9-5-2-4-8(12(13)14)11(9)10-6-3-7-16-10/h2-7H,1H3,(H,13,14). The molecule has 0 amide bonds. The van der Waals surface area contributed by atoms with Gasteiger partial charge in [-0.25, -0.2) is 4.79 Å². The average molecular weight is 218 g/mol. The molecule has 0 aliphatic heterocycles. The van der Waals surface area contributed by atoms with Gasteiger partial charge in [-0.05, 0) is 24.3 Å². The van der Waals surface area contributed by atoms with E-state index in [1.54, 1.807) is 24.3 Å². The molecule has 0 aliphatic carbocycles. The Balaban J connectivity index is 2.68. The van der Waals surface area contributed by atoms with Crippen molar-refractivity contribution in [2.24, 2.45) is 0 Å². The van der Waals surface area contributed by atoms with Crippen LogP contribution in [0.1, 0.15) is 10.4 Å².